The van der Waals surface area contributed by atoms with Crippen LogP contribution in [0.25, 0.3) is 0 Å². The maximum Gasteiger partial charge on any atom is 0.263 e. The van der Waals surface area contributed by atoms with Crippen LogP contribution in [-0.4, -0.2) is 54.5 Å². The third kappa shape index (κ3) is 3.90. The normalized spacial score (nSPS) is 16.9. The number of carbonyl (C=O) groups is 1. The summed E-state index contributed by atoms with van der Waals surface area (Å²) in [5, 5.41) is 9.16. The first-order valence-electron chi connectivity index (χ1n) is 7.42. The first kappa shape index (κ1) is 16.6. The molecule has 1 aliphatic heterocycles. The van der Waals surface area contributed by atoms with Gasteiger partial charge in [0.2, 0.25) is 0 Å². The number of carbonyl (C=O) groups excluding carboxylic acids is 1. The van der Waals surface area contributed by atoms with Crippen LogP contribution >= 0.6 is 11.6 Å². The quantitative estimate of drug-likeness (QED) is 0.852. The fourth-order valence-electron chi connectivity index (χ4n) is 2.45. The minimum absolute atomic E-state index is 0.0313. The Labute approximate surface area is 136 Å². The van der Waals surface area contributed by atoms with Crippen LogP contribution in [0.3, 0.4) is 0 Å². The van der Waals surface area contributed by atoms with Crippen LogP contribution < -0.4 is 4.74 Å². The summed E-state index contributed by atoms with van der Waals surface area (Å²) in [6.45, 7) is 8.09. The molecule has 6 heteroatoms. The van der Waals surface area contributed by atoms with Gasteiger partial charge in [-0.15, -0.1) is 0 Å². The molecule has 1 aromatic carbocycles. The number of rotatable bonds is 4. The summed E-state index contributed by atoms with van der Waals surface area (Å²) < 4.78 is 5.67. The molecule has 0 aliphatic carbocycles. The van der Waals surface area contributed by atoms with Crippen LogP contribution in [0.2, 0.25) is 5.02 Å². The average Bonchev–Trinajstić information content (AvgIpc) is 2.56. The zero-order valence-corrected chi connectivity index (χ0v) is 13.6. The summed E-state index contributed by atoms with van der Waals surface area (Å²) in [6.07, 6.45) is -0.599. The largest absolute Gasteiger partial charge is 0.479 e. The molecule has 0 radical (unpaired) electrons. The van der Waals surface area contributed by atoms with Gasteiger partial charge in [0.25, 0.3) is 5.91 Å². The highest BCUT2D eigenvalue weighted by Gasteiger charge is 2.25. The van der Waals surface area contributed by atoms with Crippen molar-refractivity contribution in [2.45, 2.75) is 20.0 Å². The van der Waals surface area contributed by atoms with Gasteiger partial charge in [-0.1, -0.05) is 18.5 Å². The van der Waals surface area contributed by atoms with Crippen LogP contribution in [0.1, 0.15) is 19.4 Å². The number of hydrogen-bond acceptors (Lipinski definition) is 4. The summed E-state index contributed by atoms with van der Waals surface area (Å²) in [7, 11) is 0. The Bertz CT molecular complexity index is 577. The van der Waals surface area contributed by atoms with Gasteiger partial charge in [0.05, 0.1) is 16.7 Å². The van der Waals surface area contributed by atoms with Gasteiger partial charge in [0.15, 0.2) is 6.10 Å². The molecule has 0 bridgehead atoms. The maximum absolute atomic E-state index is 12.4. The summed E-state index contributed by atoms with van der Waals surface area (Å²) in [4.78, 5) is 16.6. The van der Waals surface area contributed by atoms with Gasteiger partial charge in [-0.2, -0.15) is 5.26 Å². The van der Waals surface area contributed by atoms with E-state index in [1.54, 1.807) is 19.1 Å². The van der Waals surface area contributed by atoms with E-state index in [0.717, 1.165) is 32.7 Å². The molecule has 2 rings (SSSR count). The standard InChI is InChI=1S/C16H20ClN3O2/c1-3-19-6-8-20(9-7-19)16(21)12(2)22-15-5-4-13(11-18)10-14(15)17/h4-5,10,12H,3,6-9H2,1-2H3/t12-/m1/s1. The number of nitriles is 1. The molecule has 1 aliphatic rings. The molecule has 0 aromatic heterocycles. The van der Waals surface area contributed by atoms with E-state index in [9.17, 15) is 4.79 Å². The van der Waals surface area contributed by atoms with E-state index >= 15 is 0 Å². The monoisotopic (exact) mass is 321 g/mol. The summed E-state index contributed by atoms with van der Waals surface area (Å²) in [5.74, 6) is 0.393. The molecule has 1 aromatic rings. The fraction of sp³-hybridized carbons (Fsp3) is 0.500. The number of piperazine rings is 1. The van der Waals surface area contributed by atoms with Crippen LogP contribution in [0.4, 0.5) is 0 Å². The highest BCUT2D eigenvalue weighted by molar-refractivity contribution is 6.32. The molecule has 0 N–H and O–H groups in total. The lowest BCUT2D eigenvalue weighted by Crippen LogP contribution is -2.51. The summed E-state index contributed by atoms with van der Waals surface area (Å²) >= 11 is 6.07. The van der Waals surface area contributed by atoms with Crippen molar-refractivity contribution in [2.75, 3.05) is 32.7 Å². The van der Waals surface area contributed by atoms with Crippen molar-refractivity contribution in [1.29, 1.82) is 5.26 Å². The molecule has 0 spiro atoms. The number of likely N-dealkylation sites (N-methyl/N-ethyl adjacent to an activating group) is 1. The van der Waals surface area contributed by atoms with Crippen LogP contribution in [-0.2, 0) is 4.79 Å². The van der Waals surface area contributed by atoms with E-state index in [-0.39, 0.29) is 5.91 Å². The molecule has 1 heterocycles. The van der Waals surface area contributed by atoms with E-state index in [2.05, 4.69) is 11.8 Å². The van der Waals surface area contributed by atoms with Crippen molar-refractivity contribution in [3.63, 3.8) is 0 Å². The number of amides is 1. The molecule has 0 saturated carbocycles. The Balaban J connectivity index is 1.96. The van der Waals surface area contributed by atoms with Gasteiger partial charge < -0.3 is 14.5 Å². The number of nitrogens with zero attached hydrogens (tertiary/aromatic N) is 3. The molecule has 118 valence electrons. The summed E-state index contributed by atoms with van der Waals surface area (Å²) in [6, 6.07) is 6.80. The molecular formula is C16H20ClN3O2. The number of benzene rings is 1. The highest BCUT2D eigenvalue weighted by Crippen LogP contribution is 2.26. The SMILES string of the molecule is CCN1CCN(C(=O)[C@@H](C)Oc2ccc(C#N)cc2Cl)CC1. The van der Waals surface area contributed by atoms with Crippen molar-refractivity contribution in [3.05, 3.63) is 28.8 Å². The summed E-state index contributed by atoms with van der Waals surface area (Å²) in [5.41, 5.74) is 0.465. The highest BCUT2D eigenvalue weighted by atomic mass is 35.5. The third-order valence-corrected chi connectivity index (χ3v) is 4.14. The van der Waals surface area contributed by atoms with Gasteiger partial charge in [-0.25, -0.2) is 0 Å². The molecule has 22 heavy (non-hydrogen) atoms. The number of halogens is 1. The van der Waals surface area contributed by atoms with E-state index in [4.69, 9.17) is 21.6 Å². The Hall–Kier alpha value is -1.77. The molecule has 1 amide bonds. The van der Waals surface area contributed by atoms with Gasteiger partial charge in [0, 0.05) is 26.2 Å². The van der Waals surface area contributed by atoms with E-state index < -0.39 is 6.10 Å². The Morgan fingerprint density at radius 2 is 2.09 bits per heavy atom. The predicted octanol–water partition coefficient (Wildman–Crippen LogP) is 2.14. The third-order valence-electron chi connectivity index (χ3n) is 3.84. The van der Waals surface area contributed by atoms with Crippen molar-refractivity contribution < 1.29 is 9.53 Å². The molecule has 1 atom stereocenters. The zero-order valence-electron chi connectivity index (χ0n) is 12.9. The van der Waals surface area contributed by atoms with Crippen LogP contribution in [0, 0.1) is 11.3 Å². The first-order valence-corrected chi connectivity index (χ1v) is 7.80. The maximum atomic E-state index is 12.4. The predicted molar refractivity (Wildman–Crippen MR) is 85.0 cm³/mol. The molecule has 0 unspecified atom stereocenters. The van der Waals surface area contributed by atoms with Gasteiger partial charge in [0.1, 0.15) is 5.75 Å². The Morgan fingerprint density at radius 3 is 2.64 bits per heavy atom. The second-order valence-corrected chi connectivity index (χ2v) is 5.68. The number of ether oxygens (including phenoxy) is 1. The first-order chi connectivity index (χ1) is 10.5. The Kier molecular flexibility index (Phi) is 5.64. The van der Waals surface area contributed by atoms with Gasteiger partial charge in [-0.05, 0) is 31.7 Å². The van der Waals surface area contributed by atoms with Crippen molar-refractivity contribution in [3.8, 4) is 11.8 Å². The van der Waals surface area contributed by atoms with Crippen molar-refractivity contribution >= 4 is 17.5 Å². The smallest absolute Gasteiger partial charge is 0.263 e. The second-order valence-electron chi connectivity index (χ2n) is 5.28. The second kappa shape index (κ2) is 7.48. The topological polar surface area (TPSA) is 56.6 Å². The minimum Gasteiger partial charge on any atom is -0.479 e. The molecule has 5 nitrogen and oxygen atoms in total. The number of hydrogen-bond donors (Lipinski definition) is 0. The van der Waals surface area contributed by atoms with E-state index in [1.807, 2.05) is 11.0 Å². The van der Waals surface area contributed by atoms with Crippen molar-refractivity contribution in [2.24, 2.45) is 0 Å². The molecule has 1 fully saturated rings. The van der Waals surface area contributed by atoms with Crippen LogP contribution in [0.5, 0.6) is 5.75 Å². The lowest BCUT2D eigenvalue weighted by Gasteiger charge is -2.35. The fourth-order valence-corrected chi connectivity index (χ4v) is 2.67. The zero-order chi connectivity index (χ0) is 16.1. The lowest BCUT2D eigenvalue weighted by molar-refractivity contribution is -0.139. The van der Waals surface area contributed by atoms with Crippen LogP contribution in [0.15, 0.2) is 18.2 Å². The lowest BCUT2D eigenvalue weighted by atomic mass is 10.2. The molecule has 1 saturated heterocycles. The average molecular weight is 322 g/mol. The van der Waals surface area contributed by atoms with Gasteiger partial charge in [-0.3, -0.25) is 4.79 Å². The molecular weight excluding hydrogens is 302 g/mol. The van der Waals surface area contributed by atoms with E-state index in [1.165, 1.54) is 6.07 Å². The Morgan fingerprint density at radius 1 is 1.41 bits per heavy atom. The minimum atomic E-state index is -0.599. The van der Waals surface area contributed by atoms with Gasteiger partial charge >= 0.3 is 0 Å². The van der Waals surface area contributed by atoms with Crippen molar-refractivity contribution in [1.82, 2.24) is 9.80 Å². The van der Waals surface area contributed by atoms with E-state index in [0.29, 0.717) is 16.3 Å².